The highest BCUT2D eigenvalue weighted by atomic mass is 16.5. The Hall–Kier alpha value is -3.35. The number of hydrogen-bond donors (Lipinski definition) is 3. The fourth-order valence-electron chi connectivity index (χ4n) is 2.48. The molecule has 0 saturated heterocycles. The number of nitrogens with two attached hydrogens (primary N) is 1. The third-order valence-electron chi connectivity index (χ3n) is 3.86. The van der Waals surface area contributed by atoms with Crippen molar-refractivity contribution in [2.45, 2.75) is 6.92 Å². The van der Waals surface area contributed by atoms with Gasteiger partial charge in [-0.05, 0) is 48.4 Å². The van der Waals surface area contributed by atoms with Gasteiger partial charge in [-0.25, -0.2) is 4.98 Å². The number of amides is 1. The van der Waals surface area contributed by atoms with Crippen molar-refractivity contribution in [3.05, 3.63) is 47.7 Å². The number of likely N-dealkylation sites (N-methyl/N-ethyl adjacent to an activating group) is 1. The minimum absolute atomic E-state index is 0.307. The van der Waals surface area contributed by atoms with Crippen LogP contribution in [-0.2, 0) is 4.79 Å². The van der Waals surface area contributed by atoms with Crippen LogP contribution in [0.15, 0.2) is 42.1 Å². The van der Waals surface area contributed by atoms with Gasteiger partial charge >= 0.3 is 0 Å². The number of carbonyl (C=O) groups is 1. The van der Waals surface area contributed by atoms with Crippen LogP contribution in [0.4, 0.5) is 11.6 Å². The van der Waals surface area contributed by atoms with Crippen molar-refractivity contribution in [1.29, 1.82) is 5.41 Å². The van der Waals surface area contributed by atoms with E-state index in [1.54, 1.807) is 32.2 Å². The van der Waals surface area contributed by atoms with E-state index < -0.39 is 0 Å². The molecule has 0 radical (unpaired) electrons. The van der Waals surface area contributed by atoms with Crippen LogP contribution in [0.5, 0.6) is 5.75 Å². The SMILES string of the molecule is COc1ccc(C)c(-c2ccc(NC(=O)/C(=C/C=N)N(C)C)nc2N)c1. The molecule has 1 amide bonds. The van der Waals surface area contributed by atoms with Gasteiger partial charge in [-0.2, -0.15) is 0 Å². The summed E-state index contributed by atoms with van der Waals surface area (Å²) >= 11 is 0. The lowest BCUT2D eigenvalue weighted by Crippen LogP contribution is -2.25. The molecule has 7 nitrogen and oxygen atoms in total. The highest BCUT2D eigenvalue weighted by Crippen LogP contribution is 2.31. The minimum Gasteiger partial charge on any atom is -0.497 e. The number of aryl methyl sites for hydroxylation is 1. The number of ether oxygens (including phenoxy) is 1. The van der Waals surface area contributed by atoms with Crippen molar-refractivity contribution in [1.82, 2.24) is 9.88 Å². The highest BCUT2D eigenvalue weighted by molar-refractivity contribution is 6.05. The van der Waals surface area contributed by atoms with Crippen LogP contribution in [0.1, 0.15) is 5.56 Å². The molecule has 0 fully saturated rings. The first-order valence-corrected chi connectivity index (χ1v) is 7.98. The summed E-state index contributed by atoms with van der Waals surface area (Å²) in [5.74, 6) is 1.02. The molecule has 0 atom stereocenters. The summed E-state index contributed by atoms with van der Waals surface area (Å²) in [5, 5.41) is 9.85. The number of nitrogens with zero attached hydrogens (tertiary/aromatic N) is 2. The third-order valence-corrected chi connectivity index (χ3v) is 3.86. The Morgan fingerprint density at radius 1 is 1.27 bits per heavy atom. The molecule has 0 bridgehead atoms. The van der Waals surface area contributed by atoms with Gasteiger partial charge in [0.15, 0.2) is 0 Å². The number of anilines is 2. The number of rotatable bonds is 6. The normalized spacial score (nSPS) is 11.0. The second kappa shape index (κ2) is 8.15. The largest absolute Gasteiger partial charge is 0.497 e. The first-order chi connectivity index (χ1) is 12.4. The molecule has 0 aliphatic carbocycles. The van der Waals surface area contributed by atoms with Crippen molar-refractivity contribution < 1.29 is 9.53 Å². The summed E-state index contributed by atoms with van der Waals surface area (Å²) < 4.78 is 5.27. The second-order valence-corrected chi connectivity index (χ2v) is 5.88. The van der Waals surface area contributed by atoms with Gasteiger partial charge in [0, 0.05) is 25.9 Å². The van der Waals surface area contributed by atoms with E-state index in [9.17, 15) is 4.79 Å². The van der Waals surface area contributed by atoms with Gasteiger partial charge < -0.3 is 26.1 Å². The molecule has 0 unspecified atom stereocenters. The van der Waals surface area contributed by atoms with Crippen molar-refractivity contribution in [3.63, 3.8) is 0 Å². The van der Waals surface area contributed by atoms with Crippen LogP contribution in [0.25, 0.3) is 11.1 Å². The van der Waals surface area contributed by atoms with Gasteiger partial charge in [-0.1, -0.05) is 6.07 Å². The van der Waals surface area contributed by atoms with E-state index in [2.05, 4.69) is 10.3 Å². The monoisotopic (exact) mass is 353 g/mol. The van der Waals surface area contributed by atoms with Crippen molar-refractivity contribution >= 4 is 23.8 Å². The molecule has 26 heavy (non-hydrogen) atoms. The van der Waals surface area contributed by atoms with Gasteiger partial charge in [-0.15, -0.1) is 0 Å². The van der Waals surface area contributed by atoms with E-state index >= 15 is 0 Å². The quantitative estimate of drug-likeness (QED) is 0.547. The van der Waals surface area contributed by atoms with E-state index in [4.69, 9.17) is 15.9 Å². The topological polar surface area (TPSA) is 104 Å². The molecule has 1 aromatic heterocycles. The number of nitrogens with one attached hydrogen (secondary N) is 2. The van der Waals surface area contributed by atoms with Gasteiger partial charge in [0.25, 0.3) is 5.91 Å². The lowest BCUT2D eigenvalue weighted by Gasteiger charge is -2.16. The second-order valence-electron chi connectivity index (χ2n) is 5.88. The zero-order valence-corrected chi connectivity index (χ0v) is 15.3. The summed E-state index contributed by atoms with van der Waals surface area (Å²) in [4.78, 5) is 18.2. The van der Waals surface area contributed by atoms with E-state index in [1.165, 1.54) is 6.08 Å². The first kappa shape index (κ1) is 19.0. The van der Waals surface area contributed by atoms with Crippen LogP contribution in [-0.4, -0.2) is 43.2 Å². The summed E-state index contributed by atoms with van der Waals surface area (Å²) in [6.45, 7) is 1.98. The molecule has 136 valence electrons. The Morgan fingerprint density at radius 3 is 2.58 bits per heavy atom. The van der Waals surface area contributed by atoms with E-state index in [-0.39, 0.29) is 5.91 Å². The number of carbonyl (C=O) groups excluding carboxylic acids is 1. The fourth-order valence-corrected chi connectivity index (χ4v) is 2.48. The van der Waals surface area contributed by atoms with Crippen LogP contribution >= 0.6 is 0 Å². The summed E-state index contributed by atoms with van der Waals surface area (Å²) in [6.07, 6.45) is 2.47. The predicted molar refractivity (Wildman–Crippen MR) is 105 cm³/mol. The highest BCUT2D eigenvalue weighted by Gasteiger charge is 2.14. The van der Waals surface area contributed by atoms with Gasteiger partial charge in [-0.3, -0.25) is 4.79 Å². The maximum Gasteiger partial charge on any atom is 0.273 e. The number of aromatic nitrogens is 1. The predicted octanol–water partition coefficient (Wildman–Crippen LogP) is 2.68. The molecule has 0 aliphatic heterocycles. The fraction of sp³-hybridized carbons (Fsp3) is 0.211. The van der Waals surface area contributed by atoms with Gasteiger partial charge in [0.05, 0.1) is 7.11 Å². The minimum atomic E-state index is -0.365. The molecule has 7 heteroatoms. The van der Waals surface area contributed by atoms with Crippen LogP contribution < -0.4 is 15.8 Å². The number of allylic oxidation sites excluding steroid dienone is 1. The Balaban J connectivity index is 2.32. The molecule has 2 aromatic rings. The molecular weight excluding hydrogens is 330 g/mol. The average Bonchev–Trinajstić information content (AvgIpc) is 2.60. The van der Waals surface area contributed by atoms with Crippen molar-refractivity contribution in [2.24, 2.45) is 0 Å². The Kier molecular flexibility index (Phi) is 5.95. The van der Waals surface area contributed by atoms with Crippen LogP contribution in [0, 0.1) is 12.3 Å². The van der Waals surface area contributed by atoms with Crippen LogP contribution in [0.3, 0.4) is 0 Å². The number of benzene rings is 1. The zero-order valence-electron chi connectivity index (χ0n) is 15.3. The Bertz CT molecular complexity index is 859. The molecule has 0 aliphatic rings. The smallest absolute Gasteiger partial charge is 0.273 e. The molecule has 2 rings (SSSR count). The number of hydrogen-bond acceptors (Lipinski definition) is 6. The number of nitrogen functional groups attached to an aromatic ring is 1. The molecular formula is C19H23N5O2. The molecule has 0 spiro atoms. The van der Waals surface area contributed by atoms with Gasteiger partial charge in [0.2, 0.25) is 0 Å². The lowest BCUT2D eigenvalue weighted by molar-refractivity contribution is -0.114. The third kappa shape index (κ3) is 4.18. The molecule has 1 aromatic carbocycles. The van der Waals surface area contributed by atoms with E-state index in [0.29, 0.717) is 17.3 Å². The summed E-state index contributed by atoms with van der Waals surface area (Å²) in [5.41, 5.74) is 9.19. The average molecular weight is 353 g/mol. The Labute approximate surface area is 153 Å². The molecule has 4 N–H and O–H groups in total. The summed E-state index contributed by atoms with van der Waals surface area (Å²) in [6, 6.07) is 9.25. The maximum absolute atomic E-state index is 12.3. The van der Waals surface area contributed by atoms with Crippen molar-refractivity contribution in [3.8, 4) is 16.9 Å². The first-order valence-electron chi connectivity index (χ1n) is 7.98. The maximum atomic E-state index is 12.3. The number of pyridine rings is 1. The standard InChI is InChI=1S/C19H23N5O2/c1-12-5-6-13(26-4)11-15(12)14-7-8-17(22-18(14)21)23-19(25)16(9-10-20)24(2)3/h5-11,20H,1-4H3,(H3,21,22,23,25)/b16-9-,20-10?. The lowest BCUT2D eigenvalue weighted by atomic mass is 10.0. The van der Waals surface area contributed by atoms with Gasteiger partial charge in [0.1, 0.15) is 23.1 Å². The molecule has 0 saturated carbocycles. The Morgan fingerprint density at radius 2 is 2.00 bits per heavy atom. The molecule has 1 heterocycles. The van der Waals surface area contributed by atoms with E-state index in [1.807, 2.05) is 31.2 Å². The number of methoxy groups -OCH3 is 1. The zero-order chi connectivity index (χ0) is 19.3. The van der Waals surface area contributed by atoms with Crippen LogP contribution in [0.2, 0.25) is 0 Å². The van der Waals surface area contributed by atoms with E-state index in [0.717, 1.165) is 28.7 Å². The summed E-state index contributed by atoms with van der Waals surface area (Å²) in [7, 11) is 5.07. The van der Waals surface area contributed by atoms with Crippen molar-refractivity contribution in [2.75, 3.05) is 32.3 Å².